The average Bonchev–Trinajstić information content (AvgIpc) is 3.24. The Morgan fingerprint density at radius 2 is 1.96 bits per heavy atom. The third-order valence-electron chi connectivity index (χ3n) is 3.39. The highest BCUT2D eigenvalue weighted by atomic mass is 32.2. The summed E-state index contributed by atoms with van der Waals surface area (Å²) < 4.78 is 43.6. The smallest absolute Gasteiger partial charge is 0.342 e. The molecule has 0 spiro atoms. The molecule has 1 N–H and O–H groups in total. The van der Waals surface area contributed by atoms with Crippen LogP contribution >= 0.6 is 11.3 Å². The van der Waals surface area contributed by atoms with Crippen molar-refractivity contribution in [3.63, 3.8) is 0 Å². The van der Waals surface area contributed by atoms with Gasteiger partial charge in [0.05, 0.1) is 37.7 Å². The molecule has 2 aromatic rings. The topological polar surface area (TPSA) is 126 Å². The fraction of sp³-hybridized carbons (Fsp3) is 0.438. The Hall–Kier alpha value is -2.60. The summed E-state index contributed by atoms with van der Waals surface area (Å²) in [6, 6.07) is 0. The number of nitrogens with one attached hydrogen (secondary N) is 1. The number of ether oxygens (including phenoxy) is 3. The number of esters is 2. The van der Waals surface area contributed by atoms with Crippen LogP contribution in [0.25, 0.3) is 0 Å². The number of carbonyl (C=O) groups is 2. The van der Waals surface area contributed by atoms with E-state index in [1.54, 1.807) is 20.8 Å². The Morgan fingerprint density at radius 1 is 1.29 bits per heavy atom. The predicted molar refractivity (Wildman–Crippen MR) is 101 cm³/mol. The Labute approximate surface area is 166 Å². The lowest BCUT2D eigenvalue weighted by Crippen LogP contribution is -2.24. The Balaban J connectivity index is 2.16. The van der Waals surface area contributed by atoms with Gasteiger partial charge < -0.3 is 14.2 Å². The van der Waals surface area contributed by atoms with Crippen LogP contribution in [-0.2, 0) is 31.0 Å². The first-order valence-electron chi connectivity index (χ1n) is 7.96. The summed E-state index contributed by atoms with van der Waals surface area (Å²) in [6.45, 7) is 4.99. The Kier molecular flexibility index (Phi) is 6.34. The van der Waals surface area contributed by atoms with E-state index in [-0.39, 0.29) is 27.9 Å². The SMILES string of the molecule is COC(=O)c1csc(S(=O)(=O)Nc2cnn(COC(=O)C(C)(C)C)c2)c1OC. The van der Waals surface area contributed by atoms with Gasteiger partial charge in [-0.3, -0.25) is 9.52 Å². The van der Waals surface area contributed by atoms with Crippen LogP contribution in [0.5, 0.6) is 5.75 Å². The molecule has 0 aliphatic carbocycles. The van der Waals surface area contributed by atoms with Crippen LogP contribution in [0, 0.1) is 5.41 Å². The highest BCUT2D eigenvalue weighted by Gasteiger charge is 2.28. The molecule has 0 fully saturated rings. The van der Waals surface area contributed by atoms with E-state index >= 15 is 0 Å². The first kappa shape index (κ1) is 21.7. The summed E-state index contributed by atoms with van der Waals surface area (Å²) in [5, 5.41) is 5.29. The van der Waals surface area contributed by atoms with Gasteiger partial charge in [-0.1, -0.05) is 0 Å². The van der Waals surface area contributed by atoms with Crippen LogP contribution in [-0.4, -0.2) is 44.4 Å². The molecule has 0 aromatic carbocycles. The maximum Gasteiger partial charge on any atom is 0.342 e. The maximum absolute atomic E-state index is 12.7. The summed E-state index contributed by atoms with van der Waals surface area (Å²) in [5.41, 5.74) is -0.494. The first-order valence-corrected chi connectivity index (χ1v) is 10.3. The molecule has 0 aliphatic heterocycles. The number of aromatic nitrogens is 2. The number of nitrogens with zero attached hydrogens (tertiary/aromatic N) is 2. The van der Waals surface area contributed by atoms with Crippen LogP contribution in [0.15, 0.2) is 22.0 Å². The highest BCUT2D eigenvalue weighted by Crippen LogP contribution is 2.36. The number of rotatable bonds is 7. The minimum Gasteiger partial charge on any atom is -0.493 e. The van der Waals surface area contributed by atoms with Crippen molar-refractivity contribution < 1.29 is 32.2 Å². The quantitative estimate of drug-likeness (QED) is 0.661. The van der Waals surface area contributed by atoms with E-state index < -0.39 is 27.4 Å². The molecular formula is C16H21N3O7S2. The van der Waals surface area contributed by atoms with E-state index in [0.717, 1.165) is 11.3 Å². The molecule has 10 nitrogen and oxygen atoms in total. The maximum atomic E-state index is 12.7. The zero-order chi connectivity index (χ0) is 21.1. The van der Waals surface area contributed by atoms with Gasteiger partial charge >= 0.3 is 11.9 Å². The molecular weight excluding hydrogens is 410 g/mol. The molecule has 0 atom stereocenters. The van der Waals surface area contributed by atoms with Gasteiger partial charge in [-0.25, -0.2) is 17.9 Å². The zero-order valence-electron chi connectivity index (χ0n) is 16.0. The minimum absolute atomic E-state index is 0.0140. The molecule has 2 heterocycles. The van der Waals surface area contributed by atoms with Crippen LogP contribution in [0.4, 0.5) is 5.69 Å². The number of anilines is 1. The summed E-state index contributed by atoms with van der Waals surface area (Å²) in [4.78, 5) is 23.5. The molecule has 0 aliphatic rings. The van der Waals surface area contributed by atoms with Crippen LogP contribution in [0.3, 0.4) is 0 Å². The van der Waals surface area contributed by atoms with Gasteiger partial charge in [0.25, 0.3) is 10.0 Å². The molecule has 0 radical (unpaired) electrons. The van der Waals surface area contributed by atoms with E-state index in [0.29, 0.717) is 0 Å². The number of hydrogen-bond donors (Lipinski definition) is 1. The normalized spacial score (nSPS) is 11.8. The summed E-state index contributed by atoms with van der Waals surface area (Å²) in [5.74, 6) is -1.22. The molecule has 0 saturated heterocycles. The second-order valence-corrected chi connectivity index (χ2v) is 9.40. The van der Waals surface area contributed by atoms with E-state index in [9.17, 15) is 18.0 Å². The van der Waals surface area contributed by atoms with Gasteiger partial charge in [0.2, 0.25) is 0 Å². The first-order chi connectivity index (χ1) is 13.0. The summed E-state index contributed by atoms with van der Waals surface area (Å²) in [7, 11) is -1.60. The summed E-state index contributed by atoms with van der Waals surface area (Å²) >= 11 is 0.821. The van der Waals surface area contributed by atoms with Gasteiger partial charge in [-0.2, -0.15) is 5.10 Å². The fourth-order valence-electron chi connectivity index (χ4n) is 1.99. The number of methoxy groups -OCH3 is 2. The van der Waals surface area contributed by atoms with Gasteiger partial charge in [0.1, 0.15) is 5.56 Å². The monoisotopic (exact) mass is 431 g/mol. The van der Waals surface area contributed by atoms with Crippen molar-refractivity contribution in [1.29, 1.82) is 0 Å². The lowest BCUT2D eigenvalue weighted by atomic mass is 9.98. The van der Waals surface area contributed by atoms with Gasteiger partial charge in [0.15, 0.2) is 16.7 Å². The minimum atomic E-state index is -4.04. The fourth-order valence-corrected chi connectivity index (χ4v) is 4.44. The third kappa shape index (κ3) is 4.81. The number of carbonyl (C=O) groups excluding carboxylic acids is 2. The van der Waals surface area contributed by atoms with Crippen molar-refractivity contribution in [1.82, 2.24) is 9.78 Å². The molecule has 154 valence electrons. The van der Waals surface area contributed by atoms with Crippen molar-refractivity contribution >= 4 is 39.0 Å². The number of thiophene rings is 1. The molecule has 28 heavy (non-hydrogen) atoms. The van der Waals surface area contributed by atoms with Gasteiger partial charge in [-0.05, 0) is 20.8 Å². The molecule has 0 bridgehead atoms. The van der Waals surface area contributed by atoms with Crippen LogP contribution < -0.4 is 9.46 Å². The van der Waals surface area contributed by atoms with E-state index in [1.165, 1.54) is 36.7 Å². The van der Waals surface area contributed by atoms with Gasteiger partial charge in [-0.15, -0.1) is 11.3 Å². The van der Waals surface area contributed by atoms with Gasteiger partial charge in [0, 0.05) is 5.38 Å². The van der Waals surface area contributed by atoms with Crippen molar-refractivity contribution in [2.24, 2.45) is 5.41 Å². The van der Waals surface area contributed by atoms with Crippen LogP contribution in [0.2, 0.25) is 0 Å². The molecule has 0 amide bonds. The molecule has 12 heteroatoms. The predicted octanol–water partition coefficient (Wildman–Crippen LogP) is 2.09. The van der Waals surface area contributed by atoms with E-state index in [4.69, 9.17) is 9.47 Å². The highest BCUT2D eigenvalue weighted by molar-refractivity contribution is 7.94. The lowest BCUT2D eigenvalue weighted by molar-refractivity contribution is -0.157. The lowest BCUT2D eigenvalue weighted by Gasteiger charge is -2.16. The second kappa shape index (κ2) is 8.19. The molecule has 2 rings (SSSR count). The van der Waals surface area contributed by atoms with Crippen molar-refractivity contribution in [3.8, 4) is 5.75 Å². The molecule has 2 aromatic heterocycles. The summed E-state index contributed by atoms with van der Waals surface area (Å²) in [6.07, 6.45) is 2.64. The van der Waals surface area contributed by atoms with Crippen molar-refractivity contribution in [2.45, 2.75) is 31.7 Å². The molecule has 0 unspecified atom stereocenters. The Morgan fingerprint density at radius 3 is 2.54 bits per heavy atom. The number of hydrogen-bond acceptors (Lipinski definition) is 9. The van der Waals surface area contributed by atoms with E-state index in [1.807, 2.05) is 0 Å². The average molecular weight is 431 g/mol. The molecule has 0 saturated carbocycles. The van der Waals surface area contributed by atoms with Crippen molar-refractivity contribution in [2.75, 3.05) is 18.9 Å². The Bertz CT molecular complexity index is 971. The standard InChI is InChI=1S/C16H21N3O7S2/c1-16(2,3)15(21)26-9-19-7-10(6-17-19)18-28(22,23)14-12(24-4)11(8-27-14)13(20)25-5/h6-8,18H,9H2,1-5H3. The largest absolute Gasteiger partial charge is 0.493 e. The third-order valence-corrected chi connectivity index (χ3v) is 6.27. The van der Waals surface area contributed by atoms with Crippen molar-refractivity contribution in [3.05, 3.63) is 23.3 Å². The second-order valence-electron chi connectivity index (χ2n) is 6.65. The zero-order valence-corrected chi connectivity index (χ0v) is 17.6. The van der Waals surface area contributed by atoms with E-state index in [2.05, 4.69) is 14.6 Å². The number of sulfonamides is 1. The van der Waals surface area contributed by atoms with Crippen LogP contribution in [0.1, 0.15) is 31.1 Å².